The number of carbonyl (C=O) groups is 1. The fourth-order valence-electron chi connectivity index (χ4n) is 2.37. The van der Waals surface area contributed by atoms with Crippen molar-refractivity contribution in [3.8, 4) is 5.75 Å². The van der Waals surface area contributed by atoms with E-state index in [-0.39, 0.29) is 12.5 Å². The molecule has 1 aliphatic heterocycles. The molecule has 124 valence electrons. The molecule has 2 unspecified atom stereocenters. The van der Waals surface area contributed by atoms with E-state index in [0.29, 0.717) is 12.2 Å². The van der Waals surface area contributed by atoms with Crippen LogP contribution in [0.1, 0.15) is 32.3 Å². The van der Waals surface area contributed by atoms with Crippen LogP contribution < -0.4 is 4.74 Å². The van der Waals surface area contributed by atoms with Gasteiger partial charge in [0.05, 0.1) is 31.0 Å². The Kier molecular flexibility index (Phi) is 5.82. The minimum atomic E-state index is -1.11. The number of aliphatic hydroxyl groups is 1. The summed E-state index contributed by atoms with van der Waals surface area (Å²) >= 11 is 0. The van der Waals surface area contributed by atoms with E-state index in [1.54, 1.807) is 13.0 Å². The first kappa shape index (κ1) is 17.1. The average molecular weight is 318 g/mol. The fraction of sp³-hybridized carbons (Fsp3) is 0.389. The second-order valence-corrected chi connectivity index (χ2v) is 5.47. The highest BCUT2D eigenvalue weighted by Gasteiger charge is 2.32. The van der Waals surface area contributed by atoms with Gasteiger partial charge in [-0.2, -0.15) is 0 Å². The average Bonchev–Trinajstić information content (AvgIpc) is 2.91. The van der Waals surface area contributed by atoms with Gasteiger partial charge in [0.15, 0.2) is 0 Å². The first-order chi connectivity index (χ1) is 11.0. The summed E-state index contributed by atoms with van der Waals surface area (Å²) in [6.07, 6.45) is 1.72. The van der Waals surface area contributed by atoms with E-state index in [0.717, 1.165) is 16.9 Å². The van der Waals surface area contributed by atoms with Gasteiger partial charge < -0.3 is 19.3 Å². The third-order valence-electron chi connectivity index (χ3n) is 3.40. The van der Waals surface area contributed by atoms with E-state index in [1.807, 2.05) is 38.1 Å². The van der Waals surface area contributed by atoms with Crippen LogP contribution in [-0.4, -0.2) is 30.6 Å². The van der Waals surface area contributed by atoms with Gasteiger partial charge in [-0.25, -0.2) is 4.79 Å². The van der Waals surface area contributed by atoms with Crippen LogP contribution in [0.5, 0.6) is 5.75 Å². The molecule has 0 bridgehead atoms. The van der Waals surface area contributed by atoms with Crippen LogP contribution in [0.4, 0.5) is 0 Å². The van der Waals surface area contributed by atoms with Crippen LogP contribution >= 0.6 is 0 Å². The van der Waals surface area contributed by atoms with Gasteiger partial charge in [-0.3, -0.25) is 0 Å². The van der Waals surface area contributed by atoms with E-state index in [4.69, 9.17) is 14.2 Å². The molecule has 0 saturated heterocycles. The lowest BCUT2D eigenvalue weighted by Gasteiger charge is -2.14. The molecule has 1 aliphatic rings. The van der Waals surface area contributed by atoms with Crippen molar-refractivity contribution in [2.45, 2.75) is 33.0 Å². The van der Waals surface area contributed by atoms with Gasteiger partial charge >= 0.3 is 5.97 Å². The Morgan fingerprint density at radius 1 is 1.43 bits per heavy atom. The molecule has 23 heavy (non-hydrogen) atoms. The highest BCUT2D eigenvalue weighted by molar-refractivity contribution is 5.90. The van der Waals surface area contributed by atoms with Gasteiger partial charge in [0, 0.05) is 5.56 Å². The van der Waals surface area contributed by atoms with Crippen LogP contribution in [0.25, 0.3) is 0 Å². The molecule has 2 rings (SSSR count). The summed E-state index contributed by atoms with van der Waals surface area (Å²) in [6.45, 7) is 6.05. The van der Waals surface area contributed by atoms with Crippen molar-refractivity contribution in [2.75, 3.05) is 13.2 Å². The van der Waals surface area contributed by atoms with Crippen LogP contribution in [0.3, 0.4) is 0 Å². The molecule has 2 atom stereocenters. The monoisotopic (exact) mass is 318 g/mol. The summed E-state index contributed by atoms with van der Waals surface area (Å²) in [5.41, 5.74) is 2.16. The number of rotatable bonds is 6. The zero-order valence-corrected chi connectivity index (χ0v) is 13.6. The number of fused-ring (bicyclic) bond motifs is 1. The number of benzene rings is 1. The van der Waals surface area contributed by atoms with Crippen molar-refractivity contribution < 1.29 is 24.1 Å². The van der Waals surface area contributed by atoms with Crippen molar-refractivity contribution in [3.63, 3.8) is 0 Å². The molecule has 0 fully saturated rings. The highest BCUT2D eigenvalue weighted by atomic mass is 16.6. The molecule has 1 heterocycles. The summed E-state index contributed by atoms with van der Waals surface area (Å²) < 4.78 is 16.0. The van der Waals surface area contributed by atoms with E-state index < -0.39 is 12.3 Å². The summed E-state index contributed by atoms with van der Waals surface area (Å²) in [6, 6.07) is 7.54. The van der Waals surface area contributed by atoms with E-state index in [9.17, 15) is 9.90 Å². The molecular formula is C18H22O5. The maximum atomic E-state index is 12.3. The summed E-state index contributed by atoms with van der Waals surface area (Å²) in [7, 11) is 0. The zero-order valence-electron chi connectivity index (χ0n) is 13.6. The second kappa shape index (κ2) is 7.83. The summed E-state index contributed by atoms with van der Waals surface area (Å²) in [4.78, 5) is 12.3. The quantitative estimate of drug-likeness (QED) is 0.287. The summed E-state index contributed by atoms with van der Waals surface area (Å²) in [5.74, 6) is 0.00361. The first-order valence-electron chi connectivity index (χ1n) is 7.60. The Hall–Kier alpha value is -2.27. The Bertz CT molecular complexity index is 614. The standard InChI is InChI=1S/C18H22O5/c1-4-21-18(20)15(11-23-17(19)9-12(2)3)14-10-22-16-8-6-5-7-13(14)16/h5-9,11,14,17,19H,4,10H2,1-3H3/b15-11+. The molecular weight excluding hydrogens is 296 g/mol. The van der Waals surface area contributed by atoms with Crippen LogP contribution in [0.2, 0.25) is 0 Å². The predicted molar refractivity (Wildman–Crippen MR) is 85.9 cm³/mol. The Labute approximate surface area is 136 Å². The predicted octanol–water partition coefficient (Wildman–Crippen LogP) is 2.91. The molecule has 5 nitrogen and oxygen atoms in total. The van der Waals surface area contributed by atoms with Crippen molar-refractivity contribution >= 4 is 5.97 Å². The van der Waals surface area contributed by atoms with Gasteiger partial charge in [-0.15, -0.1) is 0 Å². The first-order valence-corrected chi connectivity index (χ1v) is 7.60. The number of allylic oxidation sites excluding steroid dienone is 1. The minimum absolute atomic E-state index is 0.266. The SMILES string of the molecule is CCOC(=O)/C(=C/OC(O)C=C(C)C)C1COc2ccccc21. The lowest BCUT2D eigenvalue weighted by atomic mass is 9.94. The number of esters is 1. The normalized spacial score (nSPS) is 17.7. The molecule has 0 radical (unpaired) electrons. The summed E-state index contributed by atoms with van der Waals surface area (Å²) in [5, 5.41) is 9.79. The highest BCUT2D eigenvalue weighted by Crippen LogP contribution is 2.38. The number of aliphatic hydroxyl groups excluding tert-OH is 1. The van der Waals surface area contributed by atoms with Crippen molar-refractivity contribution in [3.05, 3.63) is 53.3 Å². The minimum Gasteiger partial charge on any atom is -0.492 e. The lowest BCUT2D eigenvalue weighted by Crippen LogP contribution is -2.17. The lowest BCUT2D eigenvalue weighted by molar-refractivity contribution is -0.139. The zero-order chi connectivity index (χ0) is 16.8. The van der Waals surface area contributed by atoms with E-state index in [2.05, 4.69) is 0 Å². The van der Waals surface area contributed by atoms with Gasteiger partial charge in [0.25, 0.3) is 0 Å². The number of carbonyl (C=O) groups excluding carboxylic acids is 1. The molecule has 0 aromatic heterocycles. The molecule has 0 spiro atoms. The number of hydrogen-bond donors (Lipinski definition) is 1. The van der Waals surface area contributed by atoms with Crippen molar-refractivity contribution in [1.29, 1.82) is 0 Å². The van der Waals surface area contributed by atoms with Crippen LogP contribution in [-0.2, 0) is 14.3 Å². The topological polar surface area (TPSA) is 65.0 Å². The van der Waals surface area contributed by atoms with Gasteiger partial charge in [-0.05, 0) is 32.9 Å². The van der Waals surface area contributed by atoms with Gasteiger partial charge in [0.1, 0.15) is 5.75 Å². The molecule has 0 aliphatic carbocycles. The molecule has 5 heteroatoms. The molecule has 0 amide bonds. The van der Waals surface area contributed by atoms with Crippen molar-refractivity contribution in [1.82, 2.24) is 0 Å². The number of ether oxygens (including phenoxy) is 3. The maximum Gasteiger partial charge on any atom is 0.337 e. The third kappa shape index (κ3) is 4.36. The smallest absolute Gasteiger partial charge is 0.337 e. The number of hydrogen-bond acceptors (Lipinski definition) is 5. The molecule has 0 saturated carbocycles. The Morgan fingerprint density at radius 2 is 2.17 bits per heavy atom. The Balaban J connectivity index is 2.25. The largest absolute Gasteiger partial charge is 0.492 e. The third-order valence-corrected chi connectivity index (χ3v) is 3.40. The van der Waals surface area contributed by atoms with Gasteiger partial charge in [-0.1, -0.05) is 23.8 Å². The van der Waals surface area contributed by atoms with E-state index in [1.165, 1.54) is 6.26 Å². The van der Waals surface area contributed by atoms with Crippen LogP contribution in [0, 0.1) is 0 Å². The molecule has 1 aromatic carbocycles. The fourth-order valence-corrected chi connectivity index (χ4v) is 2.37. The van der Waals surface area contributed by atoms with Crippen molar-refractivity contribution in [2.24, 2.45) is 0 Å². The van der Waals surface area contributed by atoms with E-state index >= 15 is 0 Å². The molecule has 1 aromatic rings. The number of para-hydroxylation sites is 1. The Morgan fingerprint density at radius 3 is 2.87 bits per heavy atom. The van der Waals surface area contributed by atoms with Gasteiger partial charge in [0.2, 0.25) is 6.29 Å². The van der Waals surface area contributed by atoms with Crippen LogP contribution in [0.15, 0.2) is 47.7 Å². The maximum absolute atomic E-state index is 12.3. The second-order valence-electron chi connectivity index (χ2n) is 5.47. The molecule has 1 N–H and O–H groups in total.